The van der Waals surface area contributed by atoms with E-state index < -0.39 is 15.9 Å². The number of sulfonamides is 1. The summed E-state index contributed by atoms with van der Waals surface area (Å²) >= 11 is 1.31. The van der Waals surface area contributed by atoms with E-state index in [0.717, 1.165) is 23.1 Å². The summed E-state index contributed by atoms with van der Waals surface area (Å²) in [6.45, 7) is 0.870. The molecule has 1 saturated heterocycles. The van der Waals surface area contributed by atoms with Crippen molar-refractivity contribution < 1.29 is 22.7 Å². The lowest BCUT2D eigenvalue weighted by molar-refractivity contribution is 0.102. The molecule has 30 heavy (non-hydrogen) atoms. The molecule has 2 heterocycles. The molecular formula is C20H21N3O5S2. The van der Waals surface area contributed by atoms with Crippen LogP contribution in [-0.4, -0.2) is 45.7 Å². The van der Waals surface area contributed by atoms with Crippen LogP contribution in [-0.2, 0) is 14.8 Å². The van der Waals surface area contributed by atoms with Crippen LogP contribution in [0.2, 0.25) is 0 Å². The molecule has 158 valence electrons. The Hall–Kier alpha value is -2.53. The Kier molecular flexibility index (Phi) is 6.00. The van der Waals surface area contributed by atoms with Crippen molar-refractivity contribution in [3.8, 4) is 5.75 Å². The molecule has 0 saturated carbocycles. The number of amides is 1. The SMILES string of the molecule is COc1ccc2nc(NC(=O)c3cccc(S(=O)(=O)NC[C@@H]4CCCO4)c3)sc2c1. The Morgan fingerprint density at radius 1 is 1.30 bits per heavy atom. The number of anilines is 1. The molecule has 1 aliphatic heterocycles. The lowest BCUT2D eigenvalue weighted by atomic mass is 10.2. The highest BCUT2D eigenvalue weighted by Crippen LogP contribution is 2.29. The lowest BCUT2D eigenvalue weighted by Gasteiger charge is -2.12. The van der Waals surface area contributed by atoms with E-state index in [1.807, 2.05) is 12.1 Å². The number of ether oxygens (including phenoxy) is 2. The molecule has 2 aromatic carbocycles. The van der Waals surface area contributed by atoms with Gasteiger partial charge in [0.2, 0.25) is 10.0 Å². The fourth-order valence-electron chi connectivity index (χ4n) is 3.15. The van der Waals surface area contributed by atoms with E-state index in [4.69, 9.17) is 9.47 Å². The second-order valence-electron chi connectivity index (χ2n) is 6.82. The Morgan fingerprint density at radius 3 is 2.93 bits per heavy atom. The highest BCUT2D eigenvalue weighted by Gasteiger charge is 2.21. The van der Waals surface area contributed by atoms with E-state index in [1.54, 1.807) is 25.3 Å². The van der Waals surface area contributed by atoms with Crippen LogP contribution in [0.5, 0.6) is 5.75 Å². The van der Waals surface area contributed by atoms with Gasteiger partial charge in [0.05, 0.1) is 28.3 Å². The average Bonchev–Trinajstić information content (AvgIpc) is 3.41. The maximum atomic E-state index is 12.7. The standard InChI is InChI=1S/C20H21N3O5S2/c1-27-14-7-8-17-18(11-14)29-20(22-17)23-19(24)13-4-2-6-16(10-13)30(25,26)21-12-15-5-3-9-28-15/h2,4,6-8,10-11,15,21H,3,5,9,12H2,1H3,(H,22,23,24)/t15-/m0/s1. The fourth-order valence-corrected chi connectivity index (χ4v) is 5.15. The van der Waals surface area contributed by atoms with Crippen molar-refractivity contribution in [2.24, 2.45) is 0 Å². The van der Waals surface area contributed by atoms with Gasteiger partial charge in [-0.2, -0.15) is 0 Å². The number of carbonyl (C=O) groups is 1. The predicted octanol–water partition coefficient (Wildman–Crippen LogP) is 3.01. The van der Waals surface area contributed by atoms with Gasteiger partial charge in [-0.15, -0.1) is 0 Å². The highest BCUT2D eigenvalue weighted by molar-refractivity contribution is 7.89. The number of nitrogens with one attached hydrogen (secondary N) is 2. The number of fused-ring (bicyclic) bond motifs is 1. The third kappa shape index (κ3) is 4.62. The van der Waals surface area contributed by atoms with Gasteiger partial charge >= 0.3 is 0 Å². The predicted molar refractivity (Wildman–Crippen MR) is 115 cm³/mol. The third-order valence-corrected chi connectivity index (χ3v) is 7.10. The third-order valence-electron chi connectivity index (χ3n) is 4.75. The smallest absolute Gasteiger partial charge is 0.257 e. The van der Waals surface area contributed by atoms with Gasteiger partial charge < -0.3 is 9.47 Å². The number of carbonyl (C=O) groups excluding carboxylic acids is 1. The maximum Gasteiger partial charge on any atom is 0.257 e. The lowest BCUT2D eigenvalue weighted by Crippen LogP contribution is -2.32. The van der Waals surface area contributed by atoms with Gasteiger partial charge in [-0.05, 0) is 49.2 Å². The number of rotatable bonds is 7. The van der Waals surface area contributed by atoms with E-state index in [0.29, 0.717) is 17.5 Å². The molecule has 3 aromatic rings. The first-order chi connectivity index (χ1) is 14.4. The molecule has 1 amide bonds. The molecule has 0 aliphatic carbocycles. The van der Waals surface area contributed by atoms with Crippen LogP contribution >= 0.6 is 11.3 Å². The minimum Gasteiger partial charge on any atom is -0.497 e. The molecular weight excluding hydrogens is 426 g/mol. The minimum atomic E-state index is -3.74. The normalized spacial score (nSPS) is 16.6. The fraction of sp³-hybridized carbons (Fsp3) is 0.300. The zero-order chi connectivity index (χ0) is 21.1. The first kappa shape index (κ1) is 20.7. The Labute approximate surface area is 178 Å². The van der Waals surface area contributed by atoms with Crippen molar-refractivity contribution in [3.63, 3.8) is 0 Å². The number of hydrogen-bond donors (Lipinski definition) is 2. The zero-order valence-corrected chi connectivity index (χ0v) is 17.9. The molecule has 1 fully saturated rings. The quantitative estimate of drug-likeness (QED) is 0.577. The largest absolute Gasteiger partial charge is 0.497 e. The number of nitrogens with zero attached hydrogens (tertiary/aromatic N) is 1. The molecule has 0 bridgehead atoms. The molecule has 8 nitrogen and oxygen atoms in total. The van der Waals surface area contributed by atoms with E-state index in [1.165, 1.54) is 23.5 Å². The summed E-state index contributed by atoms with van der Waals surface area (Å²) in [6, 6.07) is 11.4. The summed E-state index contributed by atoms with van der Waals surface area (Å²) in [5, 5.41) is 3.16. The first-order valence-corrected chi connectivity index (χ1v) is 11.7. The highest BCUT2D eigenvalue weighted by atomic mass is 32.2. The number of aromatic nitrogens is 1. The van der Waals surface area contributed by atoms with Crippen LogP contribution in [0, 0.1) is 0 Å². The summed E-state index contributed by atoms with van der Waals surface area (Å²) in [5.74, 6) is 0.273. The number of methoxy groups -OCH3 is 1. The summed E-state index contributed by atoms with van der Waals surface area (Å²) in [4.78, 5) is 17.1. The topological polar surface area (TPSA) is 107 Å². The Bertz CT molecular complexity index is 1170. The summed E-state index contributed by atoms with van der Waals surface area (Å²) in [5.41, 5.74) is 0.970. The van der Waals surface area contributed by atoms with Gasteiger partial charge in [-0.3, -0.25) is 10.1 Å². The van der Waals surface area contributed by atoms with Crippen molar-refractivity contribution in [1.82, 2.24) is 9.71 Å². The van der Waals surface area contributed by atoms with Crippen molar-refractivity contribution in [3.05, 3.63) is 48.0 Å². The van der Waals surface area contributed by atoms with E-state index in [9.17, 15) is 13.2 Å². The van der Waals surface area contributed by atoms with Gasteiger partial charge in [0.25, 0.3) is 5.91 Å². The number of hydrogen-bond acceptors (Lipinski definition) is 7. The van der Waals surface area contributed by atoms with Crippen molar-refractivity contribution >= 4 is 42.6 Å². The molecule has 1 aromatic heterocycles. The average molecular weight is 448 g/mol. The molecule has 0 unspecified atom stereocenters. The van der Waals surface area contributed by atoms with Crippen LogP contribution in [0.15, 0.2) is 47.4 Å². The van der Waals surface area contributed by atoms with Crippen molar-refractivity contribution in [1.29, 1.82) is 0 Å². The van der Waals surface area contributed by atoms with Crippen LogP contribution in [0.4, 0.5) is 5.13 Å². The molecule has 10 heteroatoms. The minimum absolute atomic E-state index is 0.0298. The van der Waals surface area contributed by atoms with Gasteiger partial charge in [-0.25, -0.2) is 18.1 Å². The first-order valence-electron chi connectivity index (χ1n) is 9.42. The molecule has 2 N–H and O–H groups in total. The summed E-state index contributed by atoms with van der Waals surface area (Å²) < 4.78 is 39.2. The second-order valence-corrected chi connectivity index (χ2v) is 9.62. The van der Waals surface area contributed by atoms with Gasteiger partial charge in [0.1, 0.15) is 5.75 Å². The Balaban J connectivity index is 1.48. The summed E-state index contributed by atoms with van der Waals surface area (Å²) in [7, 11) is -2.16. The number of thiazole rings is 1. The van der Waals surface area contributed by atoms with E-state index in [-0.39, 0.29) is 23.1 Å². The molecule has 4 rings (SSSR count). The van der Waals surface area contributed by atoms with Crippen LogP contribution < -0.4 is 14.8 Å². The monoisotopic (exact) mass is 447 g/mol. The van der Waals surface area contributed by atoms with Gasteiger partial charge in [0, 0.05) is 18.7 Å². The maximum absolute atomic E-state index is 12.7. The van der Waals surface area contributed by atoms with Gasteiger partial charge in [-0.1, -0.05) is 17.4 Å². The van der Waals surface area contributed by atoms with E-state index in [2.05, 4.69) is 15.0 Å². The Morgan fingerprint density at radius 2 is 2.17 bits per heavy atom. The molecule has 1 atom stereocenters. The number of benzene rings is 2. The van der Waals surface area contributed by atoms with Gasteiger partial charge in [0.15, 0.2) is 5.13 Å². The second kappa shape index (κ2) is 8.68. The molecule has 0 spiro atoms. The molecule has 1 aliphatic rings. The zero-order valence-electron chi connectivity index (χ0n) is 16.3. The van der Waals surface area contributed by atoms with Crippen molar-refractivity contribution in [2.45, 2.75) is 23.8 Å². The van der Waals surface area contributed by atoms with Crippen LogP contribution in [0.3, 0.4) is 0 Å². The van der Waals surface area contributed by atoms with E-state index >= 15 is 0 Å². The van der Waals surface area contributed by atoms with Crippen LogP contribution in [0.1, 0.15) is 23.2 Å². The molecule has 0 radical (unpaired) electrons. The summed E-state index contributed by atoms with van der Waals surface area (Å²) in [6.07, 6.45) is 1.66. The van der Waals surface area contributed by atoms with Crippen molar-refractivity contribution in [2.75, 3.05) is 25.6 Å². The van der Waals surface area contributed by atoms with Crippen LogP contribution in [0.25, 0.3) is 10.2 Å².